The number of amides is 1. The van der Waals surface area contributed by atoms with Crippen LogP contribution in [0.5, 0.6) is 0 Å². The standard InChI is InChI=1S/C23H21NO2/c1-26-16-17-12-13-20-15-24(23(25)21(20)14-17)22(18-8-4-2-5-9-18)19-10-6-3-7-11-19/h2-14,22H,15-16H2,1H3. The van der Waals surface area contributed by atoms with Crippen LogP contribution in [0.25, 0.3) is 0 Å². The van der Waals surface area contributed by atoms with Gasteiger partial charge in [-0.15, -0.1) is 0 Å². The van der Waals surface area contributed by atoms with E-state index in [2.05, 4.69) is 30.3 Å². The van der Waals surface area contributed by atoms with Crippen molar-refractivity contribution in [3.8, 4) is 0 Å². The van der Waals surface area contributed by atoms with Gasteiger partial charge in [0, 0.05) is 19.2 Å². The van der Waals surface area contributed by atoms with Crippen molar-refractivity contribution in [1.82, 2.24) is 4.90 Å². The van der Waals surface area contributed by atoms with E-state index in [4.69, 9.17) is 4.74 Å². The summed E-state index contributed by atoms with van der Waals surface area (Å²) in [5.74, 6) is 0.0793. The molecule has 0 bridgehead atoms. The lowest BCUT2D eigenvalue weighted by molar-refractivity contribution is 0.0730. The number of hydrogen-bond donors (Lipinski definition) is 0. The summed E-state index contributed by atoms with van der Waals surface area (Å²) in [5.41, 5.74) is 5.13. The van der Waals surface area contributed by atoms with Gasteiger partial charge >= 0.3 is 0 Å². The summed E-state index contributed by atoms with van der Waals surface area (Å²) in [6.45, 7) is 1.14. The van der Waals surface area contributed by atoms with E-state index in [1.807, 2.05) is 53.4 Å². The van der Waals surface area contributed by atoms with E-state index in [1.165, 1.54) is 0 Å². The number of ether oxygens (including phenoxy) is 1. The fraction of sp³-hybridized carbons (Fsp3) is 0.174. The summed E-state index contributed by atoms with van der Waals surface area (Å²) in [4.78, 5) is 15.2. The zero-order chi connectivity index (χ0) is 17.9. The Bertz CT molecular complexity index is 867. The number of methoxy groups -OCH3 is 1. The minimum atomic E-state index is -0.0943. The van der Waals surface area contributed by atoms with E-state index in [0.29, 0.717) is 13.2 Å². The number of hydrogen-bond acceptors (Lipinski definition) is 2. The maximum Gasteiger partial charge on any atom is 0.255 e. The quantitative estimate of drug-likeness (QED) is 0.679. The van der Waals surface area contributed by atoms with Gasteiger partial charge in [-0.3, -0.25) is 4.79 Å². The largest absolute Gasteiger partial charge is 0.380 e. The molecule has 4 rings (SSSR count). The van der Waals surface area contributed by atoms with Gasteiger partial charge in [-0.2, -0.15) is 0 Å². The van der Waals surface area contributed by atoms with Crippen molar-refractivity contribution in [2.24, 2.45) is 0 Å². The highest BCUT2D eigenvalue weighted by molar-refractivity contribution is 5.99. The molecule has 3 heteroatoms. The zero-order valence-electron chi connectivity index (χ0n) is 14.8. The topological polar surface area (TPSA) is 29.5 Å². The molecule has 0 saturated heterocycles. The van der Waals surface area contributed by atoms with Crippen LogP contribution in [-0.2, 0) is 17.9 Å². The molecule has 1 aliphatic heterocycles. The molecule has 0 N–H and O–H groups in total. The van der Waals surface area contributed by atoms with Crippen molar-refractivity contribution < 1.29 is 9.53 Å². The van der Waals surface area contributed by atoms with Crippen LogP contribution in [0.2, 0.25) is 0 Å². The Morgan fingerprint density at radius 2 is 1.54 bits per heavy atom. The van der Waals surface area contributed by atoms with Gasteiger partial charge in [0.15, 0.2) is 0 Å². The summed E-state index contributed by atoms with van der Waals surface area (Å²) in [5, 5.41) is 0. The molecule has 0 unspecified atom stereocenters. The van der Waals surface area contributed by atoms with Gasteiger partial charge in [-0.05, 0) is 28.3 Å². The number of rotatable bonds is 5. The van der Waals surface area contributed by atoms with E-state index in [-0.39, 0.29) is 11.9 Å². The average molecular weight is 343 g/mol. The van der Waals surface area contributed by atoms with Gasteiger partial charge < -0.3 is 9.64 Å². The Morgan fingerprint density at radius 3 is 2.12 bits per heavy atom. The Labute approximate surface area is 153 Å². The lowest BCUT2D eigenvalue weighted by Crippen LogP contribution is -2.30. The fourth-order valence-corrected chi connectivity index (χ4v) is 3.66. The molecule has 1 heterocycles. The van der Waals surface area contributed by atoms with Crippen LogP contribution < -0.4 is 0 Å². The Balaban J connectivity index is 1.74. The molecule has 26 heavy (non-hydrogen) atoms. The van der Waals surface area contributed by atoms with Crippen LogP contribution in [0.15, 0.2) is 78.9 Å². The molecule has 3 aromatic carbocycles. The molecule has 0 aromatic heterocycles. The second-order valence-corrected chi connectivity index (χ2v) is 6.58. The highest BCUT2D eigenvalue weighted by atomic mass is 16.5. The van der Waals surface area contributed by atoms with Gasteiger partial charge in [0.2, 0.25) is 0 Å². The van der Waals surface area contributed by atoms with Gasteiger partial charge in [-0.25, -0.2) is 0 Å². The van der Waals surface area contributed by atoms with Crippen molar-refractivity contribution in [2.75, 3.05) is 7.11 Å². The monoisotopic (exact) mass is 343 g/mol. The van der Waals surface area contributed by atoms with Crippen LogP contribution in [0, 0.1) is 0 Å². The molecule has 3 nitrogen and oxygen atoms in total. The first-order valence-electron chi connectivity index (χ1n) is 8.79. The highest BCUT2D eigenvalue weighted by Gasteiger charge is 2.34. The molecule has 1 amide bonds. The third kappa shape index (κ3) is 3.02. The third-order valence-corrected chi connectivity index (χ3v) is 4.86. The number of carbonyl (C=O) groups excluding carboxylic acids is 1. The van der Waals surface area contributed by atoms with E-state index in [9.17, 15) is 4.79 Å². The third-order valence-electron chi connectivity index (χ3n) is 4.86. The molecular formula is C23H21NO2. The van der Waals surface area contributed by atoms with Gasteiger partial charge in [0.05, 0.1) is 12.6 Å². The lowest BCUT2D eigenvalue weighted by Gasteiger charge is -2.28. The first kappa shape index (κ1) is 16.6. The van der Waals surface area contributed by atoms with E-state index >= 15 is 0 Å². The highest BCUT2D eigenvalue weighted by Crippen LogP contribution is 2.36. The normalized spacial score (nSPS) is 13.3. The number of nitrogens with zero attached hydrogens (tertiary/aromatic N) is 1. The van der Waals surface area contributed by atoms with Crippen molar-refractivity contribution in [3.63, 3.8) is 0 Å². The van der Waals surface area contributed by atoms with E-state index in [0.717, 1.165) is 27.8 Å². The summed E-state index contributed by atoms with van der Waals surface area (Å²) >= 11 is 0. The number of benzene rings is 3. The molecule has 0 atom stereocenters. The van der Waals surface area contributed by atoms with Crippen molar-refractivity contribution >= 4 is 5.91 Å². The second-order valence-electron chi connectivity index (χ2n) is 6.58. The zero-order valence-corrected chi connectivity index (χ0v) is 14.8. The van der Waals surface area contributed by atoms with Crippen LogP contribution in [0.4, 0.5) is 0 Å². The smallest absolute Gasteiger partial charge is 0.255 e. The van der Waals surface area contributed by atoms with Crippen LogP contribution in [0.3, 0.4) is 0 Å². The lowest BCUT2D eigenvalue weighted by atomic mass is 9.97. The predicted octanol–water partition coefficient (Wildman–Crippen LogP) is 4.58. The number of fused-ring (bicyclic) bond motifs is 1. The van der Waals surface area contributed by atoms with Crippen molar-refractivity contribution in [2.45, 2.75) is 19.2 Å². The molecule has 0 aliphatic carbocycles. The molecule has 0 fully saturated rings. The summed E-state index contributed by atoms with van der Waals surface area (Å²) < 4.78 is 5.21. The minimum absolute atomic E-state index is 0.0793. The van der Waals surface area contributed by atoms with Crippen LogP contribution in [-0.4, -0.2) is 17.9 Å². The Kier molecular flexibility index (Phi) is 4.55. The average Bonchev–Trinajstić information content (AvgIpc) is 3.00. The van der Waals surface area contributed by atoms with Gasteiger partial charge in [0.25, 0.3) is 5.91 Å². The van der Waals surface area contributed by atoms with E-state index in [1.54, 1.807) is 7.11 Å². The van der Waals surface area contributed by atoms with E-state index < -0.39 is 0 Å². The molecule has 0 spiro atoms. The fourth-order valence-electron chi connectivity index (χ4n) is 3.66. The summed E-state index contributed by atoms with van der Waals surface area (Å²) in [6, 6.07) is 26.4. The van der Waals surface area contributed by atoms with Crippen LogP contribution >= 0.6 is 0 Å². The molecule has 3 aromatic rings. The molecular weight excluding hydrogens is 322 g/mol. The summed E-state index contributed by atoms with van der Waals surface area (Å²) in [6.07, 6.45) is 0. The maximum atomic E-state index is 13.2. The van der Waals surface area contributed by atoms with Crippen LogP contribution in [0.1, 0.15) is 38.7 Å². The van der Waals surface area contributed by atoms with Crippen molar-refractivity contribution in [1.29, 1.82) is 0 Å². The molecule has 0 radical (unpaired) electrons. The summed E-state index contributed by atoms with van der Waals surface area (Å²) in [7, 11) is 1.67. The molecule has 1 aliphatic rings. The first-order chi connectivity index (χ1) is 12.8. The minimum Gasteiger partial charge on any atom is -0.380 e. The molecule has 130 valence electrons. The first-order valence-corrected chi connectivity index (χ1v) is 8.79. The Morgan fingerprint density at radius 1 is 0.923 bits per heavy atom. The Hall–Kier alpha value is -2.91. The second kappa shape index (κ2) is 7.14. The van der Waals surface area contributed by atoms with Crippen molar-refractivity contribution in [3.05, 3.63) is 107 Å². The molecule has 0 saturated carbocycles. The number of carbonyl (C=O) groups is 1. The predicted molar refractivity (Wildman–Crippen MR) is 102 cm³/mol. The van der Waals surface area contributed by atoms with Gasteiger partial charge in [0.1, 0.15) is 0 Å². The SMILES string of the molecule is COCc1ccc2c(c1)C(=O)N(C(c1ccccc1)c1ccccc1)C2. The maximum absolute atomic E-state index is 13.2. The van der Waals surface area contributed by atoms with Gasteiger partial charge in [-0.1, -0.05) is 72.8 Å².